The Bertz CT molecular complexity index is 285. The number of furan rings is 1. The highest BCUT2D eigenvalue weighted by atomic mass is 16.5. The summed E-state index contributed by atoms with van der Waals surface area (Å²) in [5.74, 6) is -0.344. The van der Waals surface area contributed by atoms with E-state index in [1.807, 2.05) is 0 Å². The van der Waals surface area contributed by atoms with Crippen molar-refractivity contribution in [3.63, 3.8) is 0 Å². The predicted molar refractivity (Wildman–Crippen MR) is 48.2 cm³/mol. The van der Waals surface area contributed by atoms with Gasteiger partial charge in [0.2, 0.25) is 0 Å². The van der Waals surface area contributed by atoms with Gasteiger partial charge in [0.25, 0.3) is 0 Å². The van der Waals surface area contributed by atoms with Crippen LogP contribution in [-0.4, -0.2) is 12.6 Å². The molecule has 0 aliphatic rings. The highest BCUT2D eigenvalue weighted by Crippen LogP contribution is 2.08. The van der Waals surface area contributed by atoms with Gasteiger partial charge < -0.3 is 9.15 Å². The van der Waals surface area contributed by atoms with Crippen LogP contribution in [0, 0.1) is 0 Å². The number of carbonyl (C=O) groups excluding carboxylic acids is 1. The summed E-state index contributed by atoms with van der Waals surface area (Å²) in [6.45, 7) is 5.78. The molecule has 3 heteroatoms. The molecule has 0 amide bonds. The van der Waals surface area contributed by atoms with Gasteiger partial charge in [0, 0.05) is 12.0 Å². The van der Waals surface area contributed by atoms with Gasteiger partial charge in [-0.15, -0.1) is 0 Å². The van der Waals surface area contributed by atoms with Crippen LogP contribution in [0.5, 0.6) is 0 Å². The zero-order valence-electron chi connectivity index (χ0n) is 7.58. The van der Waals surface area contributed by atoms with Gasteiger partial charge in [0.15, 0.2) is 0 Å². The molecule has 0 bridgehead atoms. The van der Waals surface area contributed by atoms with Gasteiger partial charge in [-0.1, -0.05) is 6.58 Å². The Balaban J connectivity index is 2.46. The summed E-state index contributed by atoms with van der Waals surface area (Å²) >= 11 is 0. The molecule has 0 saturated heterocycles. The summed E-state index contributed by atoms with van der Waals surface area (Å²) < 4.78 is 9.65. The first-order chi connectivity index (χ1) is 6.24. The first-order valence-electron chi connectivity index (χ1n) is 4.10. The largest absolute Gasteiger partial charge is 0.472 e. The van der Waals surface area contributed by atoms with Crippen LogP contribution in [-0.2, 0) is 16.0 Å². The fraction of sp³-hybridized carbons (Fsp3) is 0.300. The molecule has 1 aromatic heterocycles. The Hall–Kier alpha value is -1.51. The van der Waals surface area contributed by atoms with Gasteiger partial charge in [-0.2, -0.15) is 0 Å². The van der Waals surface area contributed by atoms with Gasteiger partial charge in [0.05, 0.1) is 19.1 Å². The summed E-state index contributed by atoms with van der Waals surface area (Å²) in [4.78, 5) is 11.1. The lowest BCUT2D eigenvalue weighted by atomic mass is 10.1. The van der Waals surface area contributed by atoms with E-state index in [2.05, 4.69) is 6.58 Å². The topological polar surface area (TPSA) is 39.4 Å². The third-order valence-electron chi connectivity index (χ3n) is 1.56. The first-order valence-corrected chi connectivity index (χ1v) is 4.10. The van der Waals surface area contributed by atoms with Crippen molar-refractivity contribution >= 4 is 5.97 Å². The van der Waals surface area contributed by atoms with E-state index < -0.39 is 0 Å². The number of ether oxygens (including phenoxy) is 1. The Labute approximate surface area is 77.0 Å². The second-order valence-electron chi connectivity index (χ2n) is 2.63. The van der Waals surface area contributed by atoms with Crippen molar-refractivity contribution in [3.8, 4) is 0 Å². The van der Waals surface area contributed by atoms with Crippen molar-refractivity contribution in [2.75, 3.05) is 6.61 Å². The summed E-state index contributed by atoms with van der Waals surface area (Å²) in [7, 11) is 0. The van der Waals surface area contributed by atoms with E-state index in [4.69, 9.17) is 9.15 Å². The summed E-state index contributed by atoms with van der Waals surface area (Å²) in [6.07, 6.45) is 3.63. The average molecular weight is 180 g/mol. The number of carbonyl (C=O) groups is 1. The normalized spacial score (nSPS) is 9.62. The molecule has 0 aliphatic carbocycles. The van der Waals surface area contributed by atoms with Gasteiger partial charge in [-0.25, -0.2) is 4.79 Å². The van der Waals surface area contributed by atoms with Gasteiger partial charge >= 0.3 is 5.97 Å². The van der Waals surface area contributed by atoms with Crippen molar-refractivity contribution in [2.24, 2.45) is 0 Å². The molecule has 0 spiro atoms. The summed E-state index contributed by atoms with van der Waals surface area (Å²) in [6, 6.07) is 1.80. The van der Waals surface area contributed by atoms with Crippen molar-refractivity contribution in [1.29, 1.82) is 0 Å². The molecule has 70 valence electrons. The monoisotopic (exact) mass is 180 g/mol. The minimum Gasteiger partial charge on any atom is -0.472 e. The molecule has 3 nitrogen and oxygen atoms in total. The molecule has 0 fully saturated rings. The lowest BCUT2D eigenvalue weighted by molar-refractivity contribution is -0.138. The van der Waals surface area contributed by atoms with Gasteiger partial charge in [-0.3, -0.25) is 0 Å². The van der Waals surface area contributed by atoms with Crippen LogP contribution >= 0.6 is 0 Å². The van der Waals surface area contributed by atoms with Crippen LogP contribution in [0.4, 0.5) is 0 Å². The summed E-state index contributed by atoms with van der Waals surface area (Å²) in [5.41, 5.74) is 1.38. The summed E-state index contributed by atoms with van der Waals surface area (Å²) in [5, 5.41) is 0. The van der Waals surface area contributed by atoms with E-state index in [0.717, 1.165) is 5.56 Å². The SMILES string of the molecule is C=C(Cc1ccoc1)C(=O)OCC. The maximum atomic E-state index is 11.1. The van der Waals surface area contributed by atoms with Crippen molar-refractivity contribution in [1.82, 2.24) is 0 Å². The Morgan fingerprint density at radius 3 is 3.00 bits per heavy atom. The van der Waals surface area contributed by atoms with Crippen LogP contribution < -0.4 is 0 Å². The maximum Gasteiger partial charge on any atom is 0.333 e. The zero-order chi connectivity index (χ0) is 9.68. The third kappa shape index (κ3) is 2.78. The number of rotatable bonds is 4. The highest BCUT2D eigenvalue weighted by molar-refractivity contribution is 5.88. The molecule has 0 radical (unpaired) electrons. The molecular formula is C10H12O3. The molecule has 0 saturated carbocycles. The van der Waals surface area contributed by atoms with E-state index in [0.29, 0.717) is 18.6 Å². The number of esters is 1. The zero-order valence-corrected chi connectivity index (χ0v) is 7.58. The quantitative estimate of drug-likeness (QED) is 0.525. The van der Waals surface area contributed by atoms with Crippen LogP contribution in [0.15, 0.2) is 35.2 Å². The van der Waals surface area contributed by atoms with E-state index in [-0.39, 0.29) is 5.97 Å². The fourth-order valence-corrected chi connectivity index (χ4v) is 0.945. The van der Waals surface area contributed by atoms with E-state index in [1.165, 1.54) is 0 Å². The second kappa shape index (κ2) is 4.50. The van der Waals surface area contributed by atoms with Crippen LogP contribution in [0.3, 0.4) is 0 Å². The van der Waals surface area contributed by atoms with Crippen LogP contribution in [0.1, 0.15) is 12.5 Å². The van der Waals surface area contributed by atoms with Crippen molar-refractivity contribution in [3.05, 3.63) is 36.3 Å². The van der Waals surface area contributed by atoms with E-state index >= 15 is 0 Å². The molecule has 1 rings (SSSR count). The van der Waals surface area contributed by atoms with E-state index in [9.17, 15) is 4.79 Å². The number of hydrogen-bond donors (Lipinski definition) is 0. The minimum absolute atomic E-state index is 0.344. The van der Waals surface area contributed by atoms with Crippen molar-refractivity contribution < 1.29 is 13.9 Å². The standard InChI is InChI=1S/C10H12O3/c1-3-13-10(11)8(2)6-9-4-5-12-7-9/h4-5,7H,2-3,6H2,1H3. The Morgan fingerprint density at radius 2 is 2.46 bits per heavy atom. The first kappa shape index (κ1) is 9.58. The molecule has 0 N–H and O–H groups in total. The highest BCUT2D eigenvalue weighted by Gasteiger charge is 2.08. The lowest BCUT2D eigenvalue weighted by Crippen LogP contribution is -2.08. The second-order valence-corrected chi connectivity index (χ2v) is 2.63. The Morgan fingerprint density at radius 1 is 1.69 bits per heavy atom. The van der Waals surface area contributed by atoms with E-state index in [1.54, 1.807) is 25.5 Å². The molecular weight excluding hydrogens is 168 g/mol. The van der Waals surface area contributed by atoms with Gasteiger partial charge in [-0.05, 0) is 18.6 Å². The molecule has 0 unspecified atom stereocenters. The molecule has 0 aliphatic heterocycles. The fourth-order valence-electron chi connectivity index (χ4n) is 0.945. The molecule has 0 atom stereocenters. The van der Waals surface area contributed by atoms with Crippen LogP contribution in [0.25, 0.3) is 0 Å². The molecule has 0 aromatic carbocycles. The lowest BCUT2D eigenvalue weighted by Gasteiger charge is -2.02. The van der Waals surface area contributed by atoms with Crippen molar-refractivity contribution in [2.45, 2.75) is 13.3 Å². The average Bonchev–Trinajstić information content (AvgIpc) is 2.57. The van der Waals surface area contributed by atoms with Gasteiger partial charge in [0.1, 0.15) is 0 Å². The predicted octanol–water partition coefficient (Wildman–Crippen LogP) is 1.94. The molecule has 1 heterocycles. The maximum absolute atomic E-state index is 11.1. The smallest absolute Gasteiger partial charge is 0.333 e. The number of hydrogen-bond acceptors (Lipinski definition) is 3. The van der Waals surface area contributed by atoms with Crippen LogP contribution in [0.2, 0.25) is 0 Å². The molecule has 1 aromatic rings. The third-order valence-corrected chi connectivity index (χ3v) is 1.56. The Kier molecular flexibility index (Phi) is 3.31. The minimum atomic E-state index is -0.344. The molecule has 13 heavy (non-hydrogen) atoms.